The molecule has 7 nitrogen and oxygen atoms in total. The number of carboxylic acid groups (broad SMARTS) is 1. The van der Waals surface area contributed by atoms with E-state index in [4.69, 9.17) is 5.73 Å². The molecule has 1 rings (SSSR count). The highest BCUT2D eigenvalue weighted by Crippen LogP contribution is 2.46. The van der Waals surface area contributed by atoms with E-state index in [0.717, 1.165) is 0 Å². The van der Waals surface area contributed by atoms with Crippen molar-refractivity contribution < 1.29 is 24.2 Å². The van der Waals surface area contributed by atoms with Gasteiger partial charge in [-0.25, -0.2) is 0 Å². The maximum absolute atomic E-state index is 11.8. The Bertz CT molecular complexity index is 398. The molecular weight excluding hydrogens is 252 g/mol. The number of nitrogens with one attached hydrogen (secondary N) is 1. The van der Waals surface area contributed by atoms with E-state index in [9.17, 15) is 19.5 Å². The van der Waals surface area contributed by atoms with Crippen molar-refractivity contribution in [3.8, 4) is 0 Å². The first kappa shape index (κ1) is 15.4. The van der Waals surface area contributed by atoms with Gasteiger partial charge in [0, 0.05) is 18.9 Å². The number of nitrogens with two attached hydrogens (primary N) is 1. The van der Waals surface area contributed by atoms with Crippen LogP contribution in [0, 0.1) is 17.3 Å². The molecule has 0 aromatic carbocycles. The van der Waals surface area contributed by atoms with Gasteiger partial charge >= 0.3 is 11.9 Å². The highest BCUT2D eigenvalue weighted by Gasteiger charge is 2.57. The molecule has 0 radical (unpaired) electrons. The zero-order chi connectivity index (χ0) is 14.8. The van der Waals surface area contributed by atoms with E-state index >= 15 is 0 Å². The largest absolute Gasteiger partial charge is 0.481 e. The third-order valence-corrected chi connectivity index (χ3v) is 3.95. The number of aliphatic carboxylic acids is 1. The van der Waals surface area contributed by atoms with Gasteiger partial charge in [-0.2, -0.15) is 0 Å². The summed E-state index contributed by atoms with van der Waals surface area (Å²) in [5, 5.41) is 12.0. The summed E-state index contributed by atoms with van der Waals surface area (Å²) in [7, 11) is 1.24. The van der Waals surface area contributed by atoms with Crippen LogP contribution in [-0.4, -0.2) is 42.6 Å². The van der Waals surface area contributed by atoms with Crippen molar-refractivity contribution in [3.63, 3.8) is 0 Å². The molecule has 0 aromatic heterocycles. The second-order valence-corrected chi connectivity index (χ2v) is 5.12. The van der Waals surface area contributed by atoms with E-state index in [-0.39, 0.29) is 18.9 Å². The van der Waals surface area contributed by atoms with Crippen molar-refractivity contribution in [2.45, 2.75) is 26.3 Å². The van der Waals surface area contributed by atoms with Gasteiger partial charge in [0.25, 0.3) is 0 Å². The third-order valence-electron chi connectivity index (χ3n) is 3.95. The maximum Gasteiger partial charge on any atom is 0.310 e. The quantitative estimate of drug-likeness (QED) is 0.585. The number of methoxy groups -OCH3 is 1. The van der Waals surface area contributed by atoms with Gasteiger partial charge < -0.3 is 20.9 Å². The molecule has 4 atom stereocenters. The first-order valence-electron chi connectivity index (χ1n) is 6.06. The lowest BCUT2D eigenvalue weighted by molar-refractivity contribution is -0.150. The van der Waals surface area contributed by atoms with E-state index in [2.05, 4.69) is 10.1 Å². The Morgan fingerprint density at radius 1 is 1.47 bits per heavy atom. The van der Waals surface area contributed by atoms with Gasteiger partial charge in [0.1, 0.15) is 0 Å². The summed E-state index contributed by atoms with van der Waals surface area (Å²) in [5.41, 5.74) is 4.50. The smallest absolute Gasteiger partial charge is 0.310 e. The zero-order valence-corrected chi connectivity index (χ0v) is 11.3. The Kier molecular flexibility index (Phi) is 4.52. The number of carbonyl (C=O) groups is 3. The topological polar surface area (TPSA) is 119 Å². The van der Waals surface area contributed by atoms with Crippen LogP contribution in [0.25, 0.3) is 0 Å². The summed E-state index contributed by atoms with van der Waals surface area (Å²) in [6.45, 7) is 2.93. The first-order chi connectivity index (χ1) is 8.77. The number of amides is 1. The zero-order valence-electron chi connectivity index (χ0n) is 11.3. The lowest BCUT2D eigenvalue weighted by atomic mass is 9.78. The first-order valence-corrected chi connectivity index (χ1v) is 6.06. The van der Waals surface area contributed by atoms with Gasteiger partial charge in [-0.05, 0) is 19.9 Å². The van der Waals surface area contributed by atoms with Crippen LogP contribution in [0.4, 0.5) is 0 Å². The molecule has 1 saturated carbocycles. The minimum atomic E-state index is -1.15. The fourth-order valence-electron chi connectivity index (χ4n) is 2.88. The van der Waals surface area contributed by atoms with Crippen LogP contribution in [-0.2, 0) is 19.1 Å². The van der Waals surface area contributed by atoms with E-state index < -0.39 is 35.2 Å². The van der Waals surface area contributed by atoms with Crippen LogP contribution >= 0.6 is 0 Å². The van der Waals surface area contributed by atoms with Crippen molar-refractivity contribution in [2.75, 3.05) is 13.7 Å². The van der Waals surface area contributed by atoms with Crippen molar-refractivity contribution in [2.24, 2.45) is 23.0 Å². The van der Waals surface area contributed by atoms with Gasteiger partial charge in [-0.15, -0.1) is 0 Å². The average Bonchev–Trinajstić information content (AvgIpc) is 2.61. The summed E-state index contributed by atoms with van der Waals surface area (Å²) >= 11 is 0. The Balaban J connectivity index is 3.15. The molecule has 0 aromatic rings. The molecule has 1 aliphatic rings. The van der Waals surface area contributed by atoms with Crippen LogP contribution < -0.4 is 11.1 Å². The van der Waals surface area contributed by atoms with Crippen LogP contribution in [0.5, 0.6) is 0 Å². The number of ether oxygens (including phenoxy) is 1. The van der Waals surface area contributed by atoms with Crippen LogP contribution in [0.1, 0.15) is 20.3 Å². The van der Waals surface area contributed by atoms with Gasteiger partial charge in [0.05, 0.1) is 18.4 Å². The summed E-state index contributed by atoms with van der Waals surface area (Å²) in [6, 6.07) is -0.615. The molecule has 1 aliphatic carbocycles. The maximum atomic E-state index is 11.8. The van der Waals surface area contributed by atoms with E-state index in [1.165, 1.54) is 14.0 Å². The summed E-state index contributed by atoms with van der Waals surface area (Å²) in [6.07, 6.45) is 0.0990. The van der Waals surface area contributed by atoms with E-state index in [1.54, 1.807) is 6.92 Å². The minimum absolute atomic E-state index is 0.0707. The normalized spacial score (nSPS) is 33.8. The lowest BCUT2D eigenvalue weighted by Gasteiger charge is -2.29. The van der Waals surface area contributed by atoms with Gasteiger partial charge in [0.2, 0.25) is 5.91 Å². The van der Waals surface area contributed by atoms with Crippen LogP contribution in [0.3, 0.4) is 0 Å². The molecule has 1 amide bonds. The molecule has 0 aliphatic heterocycles. The number of hydrogen-bond acceptors (Lipinski definition) is 5. The third kappa shape index (κ3) is 2.70. The van der Waals surface area contributed by atoms with Crippen molar-refractivity contribution in [1.82, 2.24) is 5.32 Å². The second-order valence-electron chi connectivity index (χ2n) is 5.12. The van der Waals surface area contributed by atoms with Crippen LogP contribution in [0.2, 0.25) is 0 Å². The van der Waals surface area contributed by atoms with Gasteiger partial charge in [-0.1, -0.05) is 0 Å². The minimum Gasteiger partial charge on any atom is -0.481 e. The number of esters is 1. The highest BCUT2D eigenvalue weighted by molar-refractivity contribution is 5.82. The Morgan fingerprint density at radius 2 is 2.05 bits per heavy atom. The summed E-state index contributed by atoms with van der Waals surface area (Å²) < 4.78 is 4.69. The summed E-state index contributed by atoms with van der Waals surface area (Å²) in [4.78, 5) is 34.5. The fourth-order valence-corrected chi connectivity index (χ4v) is 2.88. The second kappa shape index (κ2) is 5.56. The Hall–Kier alpha value is -1.63. The highest BCUT2D eigenvalue weighted by atomic mass is 16.5. The SMILES string of the molecule is COC(=O)[C@@H]1C[C@](C)(C(=O)O)[C@@H](CN)[C@H]1NC(C)=O. The van der Waals surface area contributed by atoms with Crippen LogP contribution in [0.15, 0.2) is 0 Å². The molecule has 108 valence electrons. The number of carboxylic acids is 1. The van der Waals surface area contributed by atoms with Gasteiger partial charge in [0.15, 0.2) is 0 Å². The van der Waals surface area contributed by atoms with Crippen molar-refractivity contribution in [1.29, 1.82) is 0 Å². The molecule has 4 N–H and O–H groups in total. The van der Waals surface area contributed by atoms with E-state index in [0.29, 0.717) is 0 Å². The monoisotopic (exact) mass is 272 g/mol. The molecule has 0 spiro atoms. The average molecular weight is 272 g/mol. The molecule has 0 saturated heterocycles. The van der Waals surface area contributed by atoms with Gasteiger partial charge in [-0.3, -0.25) is 14.4 Å². The molecule has 19 heavy (non-hydrogen) atoms. The number of carbonyl (C=O) groups excluding carboxylic acids is 2. The fraction of sp³-hybridized carbons (Fsp3) is 0.750. The molecule has 1 fully saturated rings. The standard InChI is InChI=1S/C12H20N2O5/c1-6(15)14-9-7(10(16)19-3)4-12(2,11(17)18)8(9)5-13/h7-9H,4-5,13H2,1-3H3,(H,14,15)(H,17,18)/t7-,8+,9+,12+/m1/s1. The molecule has 0 bridgehead atoms. The predicted octanol–water partition coefficient (Wildman–Crippen LogP) is -0.650. The molecule has 0 heterocycles. The number of hydrogen-bond donors (Lipinski definition) is 3. The molecular formula is C12H20N2O5. The molecule has 0 unspecified atom stereocenters. The summed E-state index contributed by atoms with van der Waals surface area (Å²) in [5.74, 6) is -3.08. The number of rotatable bonds is 4. The van der Waals surface area contributed by atoms with Crippen molar-refractivity contribution in [3.05, 3.63) is 0 Å². The Morgan fingerprint density at radius 3 is 2.42 bits per heavy atom. The lowest BCUT2D eigenvalue weighted by Crippen LogP contribution is -2.48. The van der Waals surface area contributed by atoms with Crippen molar-refractivity contribution >= 4 is 17.8 Å². The van der Waals surface area contributed by atoms with E-state index in [1.807, 2.05) is 0 Å². The Labute approximate surface area is 111 Å². The molecule has 7 heteroatoms. The predicted molar refractivity (Wildman–Crippen MR) is 66.0 cm³/mol.